The fraction of sp³-hybridized carbons (Fsp3) is 0.366. The van der Waals surface area contributed by atoms with E-state index in [1.54, 1.807) is 18.2 Å². The first kappa shape index (κ1) is 38.3. The van der Waals surface area contributed by atoms with Gasteiger partial charge in [0.2, 0.25) is 11.8 Å². The Hall–Kier alpha value is -5.43. The molecule has 0 spiro atoms. The number of anilines is 4. The Morgan fingerprint density at radius 3 is 2.35 bits per heavy atom. The molecule has 10 nitrogen and oxygen atoms in total. The number of piperidine rings is 2. The van der Waals surface area contributed by atoms with Crippen molar-refractivity contribution in [1.82, 2.24) is 20.5 Å². The maximum absolute atomic E-state index is 14.1. The van der Waals surface area contributed by atoms with Gasteiger partial charge in [0, 0.05) is 32.3 Å². The van der Waals surface area contributed by atoms with Crippen LogP contribution in [-0.4, -0.2) is 53.8 Å². The van der Waals surface area contributed by atoms with Crippen molar-refractivity contribution >= 4 is 40.6 Å². The predicted molar refractivity (Wildman–Crippen MR) is 201 cm³/mol. The van der Waals surface area contributed by atoms with Crippen LogP contribution in [0.15, 0.2) is 72.9 Å². The van der Waals surface area contributed by atoms with Crippen molar-refractivity contribution in [1.29, 1.82) is 0 Å². The molecular weight excluding hydrogens is 697 g/mol. The molecule has 0 saturated carbocycles. The van der Waals surface area contributed by atoms with Crippen LogP contribution in [0.2, 0.25) is 0 Å². The van der Waals surface area contributed by atoms with E-state index in [9.17, 15) is 27.6 Å². The number of rotatable bonds is 11. The second kappa shape index (κ2) is 16.3. The van der Waals surface area contributed by atoms with Gasteiger partial charge in [-0.25, -0.2) is 4.98 Å². The molecule has 2 aliphatic rings. The quantitative estimate of drug-likeness (QED) is 0.114. The number of carbonyl (C=O) groups is 3. The predicted octanol–water partition coefficient (Wildman–Crippen LogP) is 7.94. The number of amides is 3. The highest BCUT2D eigenvalue weighted by Crippen LogP contribution is 2.41. The lowest BCUT2D eigenvalue weighted by Crippen LogP contribution is -2.39. The standard InChI is InChI=1S/C41H45F3N6O4/c1-24(2)54-36-20-31(28-15-17-50(18-16-28)23-26-9-11-27(12-10-26)29-13-14-38(51)49-40(29)53)25(3)19-35(36)48-37-21-34(32(22-46-37)41(42,43)44)47-33-8-6-5-7-30(33)39(52)45-4/h5-12,19-22,24,28-29H,13-18,23H2,1-4H3,(H,45,52)(H2,46,47,48)(H,49,51,53). The zero-order valence-corrected chi connectivity index (χ0v) is 30.8. The second-order valence-corrected chi connectivity index (χ2v) is 14.2. The summed E-state index contributed by atoms with van der Waals surface area (Å²) in [5.41, 5.74) is 4.04. The molecule has 4 aromatic rings. The summed E-state index contributed by atoms with van der Waals surface area (Å²) >= 11 is 0. The average Bonchev–Trinajstić information content (AvgIpc) is 3.13. The number of nitrogens with zero attached hydrogens (tertiary/aromatic N) is 2. The van der Waals surface area contributed by atoms with E-state index in [0.29, 0.717) is 30.2 Å². The van der Waals surface area contributed by atoms with Gasteiger partial charge in [0.05, 0.1) is 40.2 Å². The summed E-state index contributed by atoms with van der Waals surface area (Å²) in [6.07, 6.45) is -1.32. The summed E-state index contributed by atoms with van der Waals surface area (Å²) < 4.78 is 48.6. The molecule has 0 aliphatic carbocycles. The van der Waals surface area contributed by atoms with Gasteiger partial charge in [0.15, 0.2) is 0 Å². The smallest absolute Gasteiger partial charge is 0.419 e. The molecule has 4 N–H and O–H groups in total. The number of likely N-dealkylation sites (tertiary alicyclic amines) is 1. The van der Waals surface area contributed by atoms with Gasteiger partial charge in [-0.3, -0.25) is 24.6 Å². The molecule has 0 radical (unpaired) electrons. The molecule has 2 saturated heterocycles. The first-order valence-corrected chi connectivity index (χ1v) is 18.2. The number of nitrogens with one attached hydrogen (secondary N) is 4. The molecule has 3 aromatic carbocycles. The maximum Gasteiger partial charge on any atom is 0.419 e. The number of hydrogen-bond donors (Lipinski definition) is 4. The number of carbonyl (C=O) groups excluding carboxylic acids is 3. The molecule has 3 amide bonds. The maximum atomic E-state index is 14.1. The Morgan fingerprint density at radius 1 is 0.963 bits per heavy atom. The van der Waals surface area contributed by atoms with Crippen LogP contribution in [0.25, 0.3) is 0 Å². The van der Waals surface area contributed by atoms with Crippen LogP contribution in [0.1, 0.15) is 89.5 Å². The Bertz CT molecular complexity index is 2010. The fourth-order valence-electron chi connectivity index (χ4n) is 7.18. The van der Waals surface area contributed by atoms with Crippen LogP contribution >= 0.6 is 0 Å². The van der Waals surface area contributed by atoms with Crippen molar-refractivity contribution in [2.75, 3.05) is 30.8 Å². The molecule has 54 heavy (non-hydrogen) atoms. The minimum absolute atomic E-state index is 0.164. The minimum atomic E-state index is -4.70. The Kier molecular flexibility index (Phi) is 11.6. The van der Waals surface area contributed by atoms with Crippen LogP contribution in [0.3, 0.4) is 0 Å². The zero-order valence-electron chi connectivity index (χ0n) is 30.8. The lowest BCUT2D eigenvalue weighted by molar-refractivity contribution is -0.137. The number of alkyl halides is 3. The van der Waals surface area contributed by atoms with Crippen LogP contribution in [0.5, 0.6) is 5.75 Å². The third kappa shape index (κ3) is 9.02. The molecule has 1 unspecified atom stereocenters. The molecule has 0 bridgehead atoms. The van der Waals surface area contributed by atoms with Crippen molar-refractivity contribution in [2.24, 2.45) is 0 Å². The number of ether oxygens (including phenoxy) is 1. The lowest BCUT2D eigenvalue weighted by atomic mass is 9.86. The summed E-state index contributed by atoms with van der Waals surface area (Å²) in [5.74, 6) is -0.152. The fourth-order valence-corrected chi connectivity index (χ4v) is 7.18. The molecule has 1 atom stereocenters. The summed E-state index contributed by atoms with van der Waals surface area (Å²) in [4.78, 5) is 42.8. The Morgan fingerprint density at radius 2 is 1.69 bits per heavy atom. The van der Waals surface area contributed by atoms with Gasteiger partial charge in [0.1, 0.15) is 11.6 Å². The van der Waals surface area contributed by atoms with E-state index < -0.39 is 17.6 Å². The van der Waals surface area contributed by atoms with Gasteiger partial charge in [-0.05, 0) is 106 Å². The summed E-state index contributed by atoms with van der Waals surface area (Å²) in [6, 6.07) is 19.7. The van der Waals surface area contributed by atoms with Gasteiger partial charge in [-0.1, -0.05) is 36.4 Å². The topological polar surface area (TPSA) is 125 Å². The zero-order chi connectivity index (χ0) is 38.6. The molecule has 2 aliphatic heterocycles. The van der Waals surface area contributed by atoms with E-state index in [1.807, 2.05) is 45.0 Å². The Balaban J connectivity index is 1.16. The highest BCUT2D eigenvalue weighted by molar-refractivity contribution is 6.01. The number of imide groups is 1. The van der Waals surface area contributed by atoms with Gasteiger partial charge in [-0.2, -0.15) is 13.2 Å². The highest BCUT2D eigenvalue weighted by Gasteiger charge is 2.35. The number of aryl methyl sites for hydroxylation is 1. The molecule has 6 rings (SSSR count). The van der Waals surface area contributed by atoms with Gasteiger partial charge >= 0.3 is 6.18 Å². The number of benzene rings is 3. The molecular formula is C41H45F3N6O4. The first-order valence-electron chi connectivity index (χ1n) is 18.2. The molecule has 2 fully saturated rings. The third-order valence-corrected chi connectivity index (χ3v) is 9.93. The summed E-state index contributed by atoms with van der Waals surface area (Å²) in [5, 5.41) is 11.0. The van der Waals surface area contributed by atoms with Crippen LogP contribution in [0, 0.1) is 6.92 Å². The van der Waals surface area contributed by atoms with E-state index in [4.69, 9.17) is 4.74 Å². The van der Waals surface area contributed by atoms with Crippen molar-refractivity contribution < 1.29 is 32.3 Å². The van der Waals surface area contributed by atoms with Crippen molar-refractivity contribution in [3.63, 3.8) is 0 Å². The Labute approximate surface area is 312 Å². The first-order chi connectivity index (χ1) is 25.8. The monoisotopic (exact) mass is 742 g/mol. The van der Waals surface area contributed by atoms with Crippen molar-refractivity contribution in [2.45, 2.75) is 77.1 Å². The van der Waals surface area contributed by atoms with Gasteiger partial charge in [-0.15, -0.1) is 0 Å². The minimum Gasteiger partial charge on any atom is -0.489 e. The van der Waals surface area contributed by atoms with Crippen LogP contribution < -0.4 is 26.0 Å². The average molecular weight is 743 g/mol. The van der Waals surface area contributed by atoms with Crippen molar-refractivity contribution in [3.05, 3.63) is 106 Å². The second-order valence-electron chi connectivity index (χ2n) is 14.2. The van der Waals surface area contributed by atoms with E-state index in [0.717, 1.165) is 60.9 Å². The van der Waals surface area contributed by atoms with E-state index in [2.05, 4.69) is 43.3 Å². The number of para-hydroxylation sites is 1. The molecule has 1 aromatic heterocycles. The van der Waals surface area contributed by atoms with E-state index >= 15 is 0 Å². The normalized spacial score (nSPS) is 16.9. The van der Waals surface area contributed by atoms with Crippen LogP contribution in [0.4, 0.5) is 36.1 Å². The van der Waals surface area contributed by atoms with Gasteiger partial charge in [0.25, 0.3) is 5.91 Å². The number of hydrogen-bond acceptors (Lipinski definition) is 8. The van der Waals surface area contributed by atoms with Gasteiger partial charge < -0.3 is 20.7 Å². The SMILES string of the molecule is CNC(=O)c1ccccc1Nc1cc(Nc2cc(C)c(C3CCN(Cc4ccc(C5CCC(=O)NC5=O)cc4)CC3)cc2OC(C)C)ncc1C(F)(F)F. The number of aromatic nitrogens is 1. The van der Waals surface area contributed by atoms with E-state index in [1.165, 1.54) is 19.2 Å². The largest absolute Gasteiger partial charge is 0.489 e. The lowest BCUT2D eigenvalue weighted by Gasteiger charge is -2.33. The van der Waals surface area contributed by atoms with E-state index in [-0.39, 0.29) is 46.6 Å². The third-order valence-electron chi connectivity index (χ3n) is 9.93. The molecule has 3 heterocycles. The molecule has 284 valence electrons. The van der Waals surface area contributed by atoms with Crippen molar-refractivity contribution in [3.8, 4) is 5.75 Å². The summed E-state index contributed by atoms with van der Waals surface area (Å²) in [7, 11) is 1.46. The molecule has 13 heteroatoms. The van der Waals surface area contributed by atoms with Crippen LogP contribution in [-0.2, 0) is 22.3 Å². The summed E-state index contributed by atoms with van der Waals surface area (Å²) in [6.45, 7) is 8.45. The highest BCUT2D eigenvalue weighted by atomic mass is 19.4. The number of halogens is 3. The number of pyridine rings is 1.